The van der Waals surface area contributed by atoms with Crippen LogP contribution in [0.2, 0.25) is 0 Å². The van der Waals surface area contributed by atoms with E-state index in [1.54, 1.807) is 31.4 Å². The number of pyridine rings is 1. The van der Waals surface area contributed by atoms with Crippen molar-refractivity contribution in [3.8, 4) is 11.5 Å². The van der Waals surface area contributed by atoms with E-state index in [-0.39, 0.29) is 5.91 Å². The van der Waals surface area contributed by atoms with Crippen molar-refractivity contribution in [2.24, 2.45) is 5.92 Å². The van der Waals surface area contributed by atoms with Gasteiger partial charge in [-0.1, -0.05) is 19.9 Å². The van der Waals surface area contributed by atoms with Crippen molar-refractivity contribution < 1.29 is 14.3 Å². The van der Waals surface area contributed by atoms with Gasteiger partial charge in [0.25, 0.3) is 5.91 Å². The Bertz CT molecular complexity index is 684. The van der Waals surface area contributed by atoms with Gasteiger partial charge in [-0.05, 0) is 43.2 Å². The summed E-state index contributed by atoms with van der Waals surface area (Å²) in [4.78, 5) is 16.6. The maximum atomic E-state index is 12.3. The van der Waals surface area contributed by atoms with E-state index < -0.39 is 0 Å². The summed E-state index contributed by atoms with van der Waals surface area (Å²) in [6.45, 7) is 6.61. The number of aromatic nitrogens is 1. The number of hydrogen-bond donors (Lipinski definition) is 1. The molecule has 2 rings (SSSR count). The SMILES string of the molecule is COc1cc(C(=O)Nc2cccc(C)n2)ccc1OCC(C)C. The molecule has 1 aromatic heterocycles. The van der Waals surface area contributed by atoms with Crippen LogP contribution in [0.25, 0.3) is 0 Å². The summed E-state index contributed by atoms with van der Waals surface area (Å²) >= 11 is 0. The van der Waals surface area contributed by atoms with E-state index in [9.17, 15) is 4.79 Å². The molecular formula is C18H22N2O3. The van der Waals surface area contributed by atoms with Crippen molar-refractivity contribution in [2.45, 2.75) is 20.8 Å². The number of benzene rings is 1. The fourth-order valence-corrected chi connectivity index (χ4v) is 1.99. The smallest absolute Gasteiger partial charge is 0.256 e. The van der Waals surface area contributed by atoms with Gasteiger partial charge in [-0.2, -0.15) is 0 Å². The summed E-state index contributed by atoms with van der Waals surface area (Å²) in [5, 5.41) is 2.77. The van der Waals surface area contributed by atoms with Gasteiger partial charge in [0.1, 0.15) is 5.82 Å². The number of aryl methyl sites for hydroxylation is 1. The normalized spacial score (nSPS) is 10.5. The number of ether oxygens (including phenoxy) is 2. The maximum Gasteiger partial charge on any atom is 0.256 e. The first kappa shape index (κ1) is 16.8. The monoisotopic (exact) mass is 314 g/mol. The Morgan fingerprint density at radius 1 is 1.22 bits per heavy atom. The largest absolute Gasteiger partial charge is 0.493 e. The van der Waals surface area contributed by atoms with Crippen LogP contribution in [0.5, 0.6) is 11.5 Å². The van der Waals surface area contributed by atoms with Crippen LogP contribution >= 0.6 is 0 Å². The average molecular weight is 314 g/mol. The zero-order chi connectivity index (χ0) is 16.8. The number of hydrogen-bond acceptors (Lipinski definition) is 4. The van der Waals surface area contributed by atoms with Gasteiger partial charge >= 0.3 is 0 Å². The van der Waals surface area contributed by atoms with E-state index >= 15 is 0 Å². The van der Waals surface area contributed by atoms with Crippen molar-refractivity contribution >= 4 is 11.7 Å². The molecule has 0 saturated carbocycles. The lowest BCUT2D eigenvalue weighted by Gasteiger charge is -2.13. The van der Waals surface area contributed by atoms with E-state index in [1.807, 2.05) is 19.1 Å². The zero-order valence-corrected chi connectivity index (χ0v) is 13.9. The maximum absolute atomic E-state index is 12.3. The van der Waals surface area contributed by atoms with Gasteiger partial charge in [0, 0.05) is 11.3 Å². The minimum atomic E-state index is -0.239. The summed E-state index contributed by atoms with van der Waals surface area (Å²) in [7, 11) is 1.56. The Hall–Kier alpha value is -2.56. The molecule has 2 aromatic rings. The molecule has 0 radical (unpaired) electrons. The second-order valence-corrected chi connectivity index (χ2v) is 5.69. The average Bonchev–Trinajstić information content (AvgIpc) is 2.52. The van der Waals surface area contributed by atoms with Crippen molar-refractivity contribution in [3.63, 3.8) is 0 Å². The first-order valence-electron chi connectivity index (χ1n) is 7.55. The molecule has 0 aliphatic heterocycles. The number of methoxy groups -OCH3 is 1. The highest BCUT2D eigenvalue weighted by molar-refractivity contribution is 6.04. The van der Waals surface area contributed by atoms with Crippen LogP contribution in [0.1, 0.15) is 29.9 Å². The summed E-state index contributed by atoms with van der Waals surface area (Å²) in [6, 6.07) is 10.6. The summed E-state index contributed by atoms with van der Waals surface area (Å²) < 4.78 is 11.0. The molecule has 1 aromatic carbocycles. The van der Waals surface area contributed by atoms with Gasteiger partial charge in [-0.15, -0.1) is 0 Å². The van der Waals surface area contributed by atoms with Crippen LogP contribution < -0.4 is 14.8 Å². The van der Waals surface area contributed by atoms with E-state index in [2.05, 4.69) is 24.1 Å². The molecule has 5 nitrogen and oxygen atoms in total. The molecule has 0 fully saturated rings. The number of anilines is 1. The van der Waals surface area contributed by atoms with Gasteiger partial charge in [0.05, 0.1) is 13.7 Å². The van der Waals surface area contributed by atoms with Gasteiger partial charge < -0.3 is 14.8 Å². The molecule has 122 valence electrons. The summed E-state index contributed by atoms with van der Waals surface area (Å²) in [5.74, 6) is 1.86. The molecule has 0 saturated heterocycles. The van der Waals surface area contributed by atoms with E-state index in [0.29, 0.717) is 35.4 Å². The minimum absolute atomic E-state index is 0.239. The molecule has 1 N–H and O–H groups in total. The van der Waals surface area contributed by atoms with Gasteiger partial charge in [-0.25, -0.2) is 4.98 Å². The highest BCUT2D eigenvalue weighted by Gasteiger charge is 2.12. The molecule has 1 amide bonds. The number of rotatable bonds is 6. The predicted molar refractivity (Wildman–Crippen MR) is 90.3 cm³/mol. The first-order valence-corrected chi connectivity index (χ1v) is 7.55. The minimum Gasteiger partial charge on any atom is -0.493 e. The van der Waals surface area contributed by atoms with Gasteiger partial charge in [-0.3, -0.25) is 4.79 Å². The highest BCUT2D eigenvalue weighted by Crippen LogP contribution is 2.28. The number of amides is 1. The molecule has 0 aliphatic carbocycles. The Balaban J connectivity index is 2.14. The molecular weight excluding hydrogens is 292 g/mol. The molecule has 0 spiro atoms. The Morgan fingerprint density at radius 2 is 2.00 bits per heavy atom. The first-order chi connectivity index (χ1) is 11.0. The second kappa shape index (κ2) is 7.63. The van der Waals surface area contributed by atoms with E-state index in [4.69, 9.17) is 9.47 Å². The summed E-state index contributed by atoms with van der Waals surface area (Å²) in [6.07, 6.45) is 0. The molecule has 5 heteroatoms. The topological polar surface area (TPSA) is 60.5 Å². The van der Waals surface area contributed by atoms with Crippen molar-refractivity contribution in [1.29, 1.82) is 0 Å². The lowest BCUT2D eigenvalue weighted by Crippen LogP contribution is -2.13. The number of carbonyl (C=O) groups is 1. The van der Waals surface area contributed by atoms with Crippen LogP contribution in [-0.4, -0.2) is 24.6 Å². The van der Waals surface area contributed by atoms with Crippen LogP contribution in [0.3, 0.4) is 0 Å². The lowest BCUT2D eigenvalue weighted by atomic mass is 10.2. The van der Waals surface area contributed by atoms with Gasteiger partial charge in [0.2, 0.25) is 0 Å². The Morgan fingerprint density at radius 3 is 2.65 bits per heavy atom. The van der Waals surface area contributed by atoms with Crippen molar-refractivity contribution in [1.82, 2.24) is 4.98 Å². The second-order valence-electron chi connectivity index (χ2n) is 5.69. The Labute approximate surface area is 136 Å². The van der Waals surface area contributed by atoms with Gasteiger partial charge in [0.15, 0.2) is 11.5 Å². The quantitative estimate of drug-likeness (QED) is 0.883. The highest BCUT2D eigenvalue weighted by atomic mass is 16.5. The molecule has 0 unspecified atom stereocenters. The van der Waals surface area contributed by atoms with Crippen LogP contribution in [0, 0.1) is 12.8 Å². The third-order valence-electron chi connectivity index (χ3n) is 3.13. The fourth-order valence-electron chi connectivity index (χ4n) is 1.99. The molecule has 0 aliphatic rings. The van der Waals surface area contributed by atoms with E-state index in [0.717, 1.165) is 5.69 Å². The molecule has 23 heavy (non-hydrogen) atoms. The molecule has 0 atom stereocenters. The molecule has 1 heterocycles. The van der Waals surface area contributed by atoms with Crippen LogP contribution in [0.4, 0.5) is 5.82 Å². The van der Waals surface area contributed by atoms with Crippen molar-refractivity contribution in [3.05, 3.63) is 47.7 Å². The fraction of sp³-hybridized carbons (Fsp3) is 0.333. The van der Waals surface area contributed by atoms with Crippen molar-refractivity contribution in [2.75, 3.05) is 19.0 Å². The third kappa shape index (κ3) is 4.71. The number of nitrogens with zero attached hydrogens (tertiary/aromatic N) is 1. The third-order valence-corrected chi connectivity index (χ3v) is 3.13. The molecule has 0 bridgehead atoms. The van der Waals surface area contributed by atoms with Crippen LogP contribution in [0.15, 0.2) is 36.4 Å². The van der Waals surface area contributed by atoms with E-state index in [1.165, 1.54) is 0 Å². The standard InChI is InChI=1S/C18H22N2O3/c1-12(2)11-23-15-9-8-14(10-16(15)22-4)18(21)20-17-7-5-6-13(3)19-17/h5-10,12H,11H2,1-4H3,(H,19,20,21). The lowest BCUT2D eigenvalue weighted by molar-refractivity contribution is 0.102. The predicted octanol–water partition coefficient (Wildman–Crippen LogP) is 3.69. The Kier molecular flexibility index (Phi) is 5.57. The zero-order valence-electron chi connectivity index (χ0n) is 13.9. The van der Waals surface area contributed by atoms with Crippen LogP contribution in [-0.2, 0) is 0 Å². The number of nitrogens with one attached hydrogen (secondary N) is 1. The number of carbonyl (C=O) groups excluding carboxylic acids is 1. The summed E-state index contributed by atoms with van der Waals surface area (Å²) in [5.41, 5.74) is 1.33.